The van der Waals surface area contributed by atoms with E-state index in [0.29, 0.717) is 54.9 Å². The van der Waals surface area contributed by atoms with Crippen LogP contribution in [0.1, 0.15) is 29.9 Å². The van der Waals surface area contributed by atoms with Crippen molar-refractivity contribution in [3.63, 3.8) is 0 Å². The molecule has 0 aromatic carbocycles. The van der Waals surface area contributed by atoms with E-state index >= 15 is 0 Å². The standard InChI is InChI=1S/C22H22ClN7O2S/c1-11(2)7-26-21-27-9-16-20(30-21)33-22(28-16)29-19(31)15-8-24-12(3)5-13(15)14-6-18(23)25-10-17(14)32-4/h5-6,8-11H,7H2,1-4H3,(H,26,27,30)(H,28,29,31). The molecule has 0 saturated carbocycles. The highest BCUT2D eigenvalue weighted by Gasteiger charge is 2.19. The second-order valence-corrected chi connectivity index (χ2v) is 9.08. The summed E-state index contributed by atoms with van der Waals surface area (Å²) in [5.41, 5.74) is 2.97. The predicted molar refractivity (Wildman–Crippen MR) is 130 cm³/mol. The first-order chi connectivity index (χ1) is 15.8. The first-order valence-electron chi connectivity index (χ1n) is 10.2. The molecule has 2 N–H and O–H groups in total. The van der Waals surface area contributed by atoms with Crippen LogP contribution in [0.4, 0.5) is 11.1 Å². The third kappa shape index (κ3) is 5.18. The number of carbonyl (C=O) groups excluding carboxylic acids is 1. The van der Waals surface area contributed by atoms with Crippen molar-refractivity contribution in [1.82, 2.24) is 24.9 Å². The van der Waals surface area contributed by atoms with Gasteiger partial charge in [0.15, 0.2) is 9.96 Å². The number of nitrogens with one attached hydrogen (secondary N) is 2. The summed E-state index contributed by atoms with van der Waals surface area (Å²) in [6, 6.07) is 3.46. The quantitative estimate of drug-likeness (QED) is 0.359. The fraction of sp³-hybridized carbons (Fsp3) is 0.273. The minimum atomic E-state index is -0.363. The van der Waals surface area contributed by atoms with E-state index in [1.54, 1.807) is 18.3 Å². The number of anilines is 2. The molecule has 9 nitrogen and oxygen atoms in total. The Morgan fingerprint density at radius 1 is 1.12 bits per heavy atom. The number of rotatable bonds is 7. The molecule has 0 spiro atoms. The van der Waals surface area contributed by atoms with Crippen molar-refractivity contribution >= 4 is 50.3 Å². The Morgan fingerprint density at radius 2 is 1.94 bits per heavy atom. The van der Waals surface area contributed by atoms with E-state index < -0.39 is 0 Å². The Bertz CT molecular complexity index is 1330. The minimum absolute atomic E-state index is 0.290. The van der Waals surface area contributed by atoms with Crippen molar-refractivity contribution in [2.24, 2.45) is 5.92 Å². The van der Waals surface area contributed by atoms with Gasteiger partial charge in [0, 0.05) is 29.6 Å². The number of pyridine rings is 2. The average Bonchev–Trinajstić information content (AvgIpc) is 3.18. The predicted octanol–water partition coefficient (Wildman–Crippen LogP) is 4.83. The molecule has 0 aliphatic rings. The molecule has 0 aliphatic heterocycles. The molecule has 0 atom stereocenters. The Balaban J connectivity index is 1.64. The zero-order valence-electron chi connectivity index (χ0n) is 18.5. The van der Waals surface area contributed by atoms with E-state index in [9.17, 15) is 4.79 Å². The van der Waals surface area contributed by atoms with Crippen LogP contribution in [-0.4, -0.2) is 44.5 Å². The molecule has 4 aromatic rings. The van der Waals surface area contributed by atoms with Crippen LogP contribution in [0.15, 0.2) is 30.7 Å². The number of ether oxygens (including phenoxy) is 1. The van der Waals surface area contributed by atoms with Gasteiger partial charge in [-0.25, -0.2) is 19.9 Å². The van der Waals surface area contributed by atoms with Gasteiger partial charge >= 0.3 is 0 Å². The lowest BCUT2D eigenvalue weighted by atomic mass is 10.0. The van der Waals surface area contributed by atoms with Gasteiger partial charge in [-0.05, 0) is 25.0 Å². The summed E-state index contributed by atoms with van der Waals surface area (Å²) >= 11 is 7.39. The first-order valence-corrected chi connectivity index (χ1v) is 11.4. The van der Waals surface area contributed by atoms with Gasteiger partial charge in [-0.1, -0.05) is 36.8 Å². The van der Waals surface area contributed by atoms with Crippen LogP contribution in [0.25, 0.3) is 21.5 Å². The lowest BCUT2D eigenvalue weighted by molar-refractivity contribution is 0.102. The van der Waals surface area contributed by atoms with Crippen molar-refractivity contribution in [2.75, 3.05) is 24.3 Å². The van der Waals surface area contributed by atoms with E-state index in [4.69, 9.17) is 16.3 Å². The third-order valence-electron chi connectivity index (χ3n) is 4.67. The number of carbonyl (C=O) groups is 1. The number of aryl methyl sites for hydroxylation is 1. The van der Waals surface area contributed by atoms with Gasteiger partial charge < -0.3 is 10.1 Å². The lowest BCUT2D eigenvalue weighted by Gasteiger charge is -2.13. The molecule has 170 valence electrons. The van der Waals surface area contributed by atoms with Crippen LogP contribution in [0, 0.1) is 12.8 Å². The molecule has 0 bridgehead atoms. The number of hydrogen-bond acceptors (Lipinski definition) is 9. The summed E-state index contributed by atoms with van der Waals surface area (Å²) in [6.45, 7) is 6.82. The van der Waals surface area contributed by atoms with Crippen LogP contribution in [0.5, 0.6) is 5.75 Å². The summed E-state index contributed by atoms with van der Waals surface area (Å²) in [6.07, 6.45) is 4.68. The van der Waals surface area contributed by atoms with Gasteiger partial charge in [-0.3, -0.25) is 15.1 Å². The van der Waals surface area contributed by atoms with Crippen molar-refractivity contribution in [1.29, 1.82) is 0 Å². The van der Waals surface area contributed by atoms with Crippen LogP contribution >= 0.6 is 22.9 Å². The van der Waals surface area contributed by atoms with Gasteiger partial charge in [0.05, 0.1) is 25.1 Å². The van der Waals surface area contributed by atoms with Gasteiger partial charge in [0.2, 0.25) is 5.95 Å². The van der Waals surface area contributed by atoms with E-state index in [-0.39, 0.29) is 5.91 Å². The van der Waals surface area contributed by atoms with Crippen molar-refractivity contribution in [3.8, 4) is 16.9 Å². The monoisotopic (exact) mass is 483 g/mol. The molecule has 0 radical (unpaired) electrons. The fourth-order valence-corrected chi connectivity index (χ4v) is 4.05. The molecular formula is C22H22ClN7O2S. The molecule has 0 unspecified atom stereocenters. The largest absolute Gasteiger partial charge is 0.494 e. The zero-order valence-corrected chi connectivity index (χ0v) is 20.1. The molecule has 11 heteroatoms. The Labute approximate surface area is 199 Å². The Kier molecular flexibility index (Phi) is 6.66. The smallest absolute Gasteiger partial charge is 0.259 e. The highest BCUT2D eigenvalue weighted by atomic mass is 35.5. The molecule has 0 aliphatic carbocycles. The van der Waals surface area contributed by atoms with Gasteiger partial charge in [-0.2, -0.15) is 0 Å². The number of halogens is 1. The third-order valence-corrected chi connectivity index (χ3v) is 5.76. The molecular weight excluding hydrogens is 462 g/mol. The average molecular weight is 484 g/mol. The maximum absolute atomic E-state index is 13.2. The van der Waals surface area contributed by atoms with Gasteiger partial charge in [0.25, 0.3) is 5.91 Å². The summed E-state index contributed by atoms with van der Waals surface area (Å²) in [5, 5.41) is 6.75. The summed E-state index contributed by atoms with van der Waals surface area (Å²) in [4.78, 5) is 35.4. The highest BCUT2D eigenvalue weighted by Crippen LogP contribution is 2.34. The number of methoxy groups -OCH3 is 1. The van der Waals surface area contributed by atoms with Crippen LogP contribution in [0.2, 0.25) is 5.15 Å². The first kappa shape index (κ1) is 22.8. The minimum Gasteiger partial charge on any atom is -0.494 e. The van der Waals surface area contributed by atoms with Crippen molar-refractivity contribution < 1.29 is 9.53 Å². The molecule has 1 amide bonds. The van der Waals surface area contributed by atoms with E-state index in [1.807, 2.05) is 6.92 Å². The normalized spacial score (nSPS) is 11.1. The number of nitrogens with zero attached hydrogens (tertiary/aromatic N) is 5. The molecule has 4 rings (SSSR count). The lowest BCUT2D eigenvalue weighted by Crippen LogP contribution is -2.14. The van der Waals surface area contributed by atoms with Crippen LogP contribution < -0.4 is 15.4 Å². The molecule has 4 aromatic heterocycles. The van der Waals surface area contributed by atoms with Crippen LogP contribution in [-0.2, 0) is 0 Å². The van der Waals surface area contributed by atoms with Crippen molar-refractivity contribution in [2.45, 2.75) is 20.8 Å². The van der Waals surface area contributed by atoms with E-state index in [0.717, 1.165) is 12.2 Å². The number of hydrogen-bond donors (Lipinski definition) is 2. The Hall–Kier alpha value is -3.37. The van der Waals surface area contributed by atoms with Gasteiger partial charge in [0.1, 0.15) is 16.4 Å². The number of aromatic nitrogens is 5. The van der Waals surface area contributed by atoms with Gasteiger partial charge in [-0.15, -0.1) is 0 Å². The second-order valence-electron chi connectivity index (χ2n) is 7.71. The number of amides is 1. The molecule has 0 saturated heterocycles. The highest BCUT2D eigenvalue weighted by molar-refractivity contribution is 7.22. The maximum atomic E-state index is 13.2. The van der Waals surface area contributed by atoms with Crippen LogP contribution in [0.3, 0.4) is 0 Å². The summed E-state index contributed by atoms with van der Waals surface area (Å²) in [5.74, 6) is 1.13. The Morgan fingerprint density at radius 3 is 2.70 bits per heavy atom. The second kappa shape index (κ2) is 9.63. The molecule has 0 fully saturated rings. The number of thiazole rings is 1. The fourth-order valence-electron chi connectivity index (χ4n) is 3.09. The van der Waals surface area contributed by atoms with E-state index in [1.165, 1.54) is 30.8 Å². The SMILES string of the molecule is COc1cnc(Cl)cc1-c1cc(C)ncc1C(=O)Nc1nc2cnc(NCC(C)C)nc2s1. The topological polar surface area (TPSA) is 115 Å². The van der Waals surface area contributed by atoms with Crippen molar-refractivity contribution in [3.05, 3.63) is 47.1 Å². The number of fused-ring (bicyclic) bond motifs is 1. The molecule has 4 heterocycles. The van der Waals surface area contributed by atoms with E-state index in [2.05, 4.69) is 49.4 Å². The zero-order chi connectivity index (χ0) is 23.5. The maximum Gasteiger partial charge on any atom is 0.259 e. The summed E-state index contributed by atoms with van der Waals surface area (Å²) < 4.78 is 5.43. The molecule has 33 heavy (non-hydrogen) atoms. The summed E-state index contributed by atoms with van der Waals surface area (Å²) in [7, 11) is 1.54.